The van der Waals surface area contributed by atoms with Crippen LogP contribution in [0.25, 0.3) is 10.1 Å². The van der Waals surface area contributed by atoms with E-state index in [0.717, 1.165) is 18.5 Å². The van der Waals surface area contributed by atoms with E-state index in [0.29, 0.717) is 25.0 Å². The van der Waals surface area contributed by atoms with Crippen LogP contribution in [0.15, 0.2) is 23.6 Å². The molecule has 1 aliphatic rings. The summed E-state index contributed by atoms with van der Waals surface area (Å²) in [4.78, 5) is 14.8. The smallest absolute Gasteiger partial charge is 0.224 e. The summed E-state index contributed by atoms with van der Waals surface area (Å²) in [5.41, 5.74) is 2.38. The van der Waals surface area contributed by atoms with Crippen molar-refractivity contribution in [3.05, 3.63) is 29.1 Å². The molecule has 1 aliphatic heterocycles. The Kier molecular flexibility index (Phi) is 7.27. The molecule has 148 valence electrons. The number of hydrogen-bond donors (Lipinski definition) is 1. The highest BCUT2D eigenvalue weighted by atomic mass is 32.1. The topological polar surface area (TPSA) is 41.6 Å². The molecule has 0 atom stereocenters. The first-order valence-electron chi connectivity index (χ1n) is 10.1. The molecule has 0 aliphatic carbocycles. The van der Waals surface area contributed by atoms with Gasteiger partial charge >= 0.3 is 0 Å². The zero-order chi connectivity index (χ0) is 19.2. The molecule has 1 aromatic carbocycles. The Morgan fingerprint density at radius 1 is 1.30 bits per heavy atom. The van der Waals surface area contributed by atoms with Crippen molar-refractivity contribution in [3.8, 4) is 0 Å². The fraction of sp³-hybridized carbons (Fsp3) is 0.591. The van der Waals surface area contributed by atoms with Crippen LogP contribution in [0.2, 0.25) is 0 Å². The van der Waals surface area contributed by atoms with Gasteiger partial charge in [-0.3, -0.25) is 4.79 Å². The molecule has 1 N–H and O–H groups in total. The van der Waals surface area contributed by atoms with E-state index in [1.807, 2.05) is 17.4 Å². The average molecular weight is 389 g/mol. The predicted octanol–water partition coefficient (Wildman–Crippen LogP) is 5.24. The van der Waals surface area contributed by atoms with Gasteiger partial charge in [0.15, 0.2) is 0 Å². The normalized spacial score (nSPS) is 16.3. The SMILES string of the molecule is COCCCCC(=O)Nc1ccc2scc(C3CCN(C(C)C)CC3)c2c1. The number of nitrogens with one attached hydrogen (secondary N) is 1. The number of carbonyl (C=O) groups excluding carboxylic acids is 1. The number of anilines is 1. The molecule has 4 nitrogen and oxygen atoms in total. The van der Waals surface area contributed by atoms with Gasteiger partial charge in [-0.15, -0.1) is 11.3 Å². The van der Waals surface area contributed by atoms with Crippen LogP contribution in [0.3, 0.4) is 0 Å². The van der Waals surface area contributed by atoms with Gasteiger partial charge < -0.3 is 15.0 Å². The van der Waals surface area contributed by atoms with Gasteiger partial charge in [0.2, 0.25) is 5.91 Å². The molecule has 2 heterocycles. The highest BCUT2D eigenvalue weighted by Crippen LogP contribution is 2.38. The Morgan fingerprint density at radius 2 is 2.07 bits per heavy atom. The number of nitrogens with zero attached hydrogens (tertiary/aromatic N) is 1. The minimum absolute atomic E-state index is 0.0903. The lowest BCUT2D eigenvalue weighted by molar-refractivity contribution is -0.116. The van der Waals surface area contributed by atoms with E-state index in [1.165, 1.54) is 41.6 Å². The Morgan fingerprint density at radius 3 is 2.78 bits per heavy atom. The minimum atomic E-state index is 0.0903. The number of methoxy groups -OCH3 is 1. The molecule has 5 heteroatoms. The lowest BCUT2D eigenvalue weighted by atomic mass is 9.88. The second kappa shape index (κ2) is 9.67. The van der Waals surface area contributed by atoms with Crippen LogP contribution in [0.1, 0.15) is 57.4 Å². The third-order valence-electron chi connectivity index (χ3n) is 5.59. The molecule has 0 saturated carbocycles. The molecule has 27 heavy (non-hydrogen) atoms. The van der Waals surface area contributed by atoms with Gasteiger partial charge in [-0.25, -0.2) is 0 Å². The van der Waals surface area contributed by atoms with Crippen molar-refractivity contribution in [2.75, 3.05) is 32.1 Å². The Balaban J connectivity index is 1.65. The fourth-order valence-corrected chi connectivity index (χ4v) is 4.95. The van der Waals surface area contributed by atoms with Gasteiger partial charge in [0, 0.05) is 36.6 Å². The minimum Gasteiger partial charge on any atom is -0.385 e. The molecule has 0 unspecified atom stereocenters. The Hall–Kier alpha value is -1.43. The van der Waals surface area contributed by atoms with Gasteiger partial charge in [-0.1, -0.05) is 0 Å². The Bertz CT molecular complexity index is 748. The summed E-state index contributed by atoms with van der Waals surface area (Å²) in [6.45, 7) is 7.64. The molecular formula is C22H32N2O2S. The number of amides is 1. The number of carbonyl (C=O) groups is 1. The van der Waals surface area contributed by atoms with Gasteiger partial charge in [-0.2, -0.15) is 0 Å². The summed E-state index contributed by atoms with van der Waals surface area (Å²) < 4.78 is 6.35. The summed E-state index contributed by atoms with van der Waals surface area (Å²) in [5.74, 6) is 0.723. The Labute approximate surface area is 166 Å². The van der Waals surface area contributed by atoms with E-state index < -0.39 is 0 Å². The quantitative estimate of drug-likeness (QED) is 0.629. The molecule has 0 spiro atoms. The van der Waals surface area contributed by atoms with Crippen molar-refractivity contribution >= 4 is 33.0 Å². The van der Waals surface area contributed by atoms with Crippen LogP contribution in [0, 0.1) is 0 Å². The number of piperidine rings is 1. The summed E-state index contributed by atoms with van der Waals surface area (Å²) in [6.07, 6.45) is 4.78. The molecule has 3 rings (SSSR count). The van der Waals surface area contributed by atoms with Crippen molar-refractivity contribution in [1.82, 2.24) is 4.90 Å². The maximum atomic E-state index is 12.2. The van der Waals surface area contributed by atoms with E-state index in [2.05, 4.69) is 41.6 Å². The molecule has 1 saturated heterocycles. The van der Waals surface area contributed by atoms with E-state index >= 15 is 0 Å². The first-order chi connectivity index (χ1) is 13.1. The maximum absolute atomic E-state index is 12.2. The summed E-state index contributed by atoms with van der Waals surface area (Å²) in [5, 5.41) is 6.72. The zero-order valence-corrected chi connectivity index (χ0v) is 17.6. The number of fused-ring (bicyclic) bond motifs is 1. The molecule has 1 fully saturated rings. The van der Waals surface area contributed by atoms with Gasteiger partial charge in [-0.05, 0) is 93.1 Å². The lowest BCUT2D eigenvalue weighted by Gasteiger charge is -2.34. The highest BCUT2D eigenvalue weighted by Gasteiger charge is 2.24. The van der Waals surface area contributed by atoms with E-state index in [4.69, 9.17) is 4.74 Å². The van der Waals surface area contributed by atoms with E-state index in [-0.39, 0.29) is 5.91 Å². The van der Waals surface area contributed by atoms with Crippen LogP contribution in [0.4, 0.5) is 5.69 Å². The molecule has 2 aromatic rings. The van der Waals surface area contributed by atoms with Crippen LogP contribution in [-0.4, -0.2) is 43.7 Å². The third-order valence-corrected chi connectivity index (χ3v) is 6.57. The number of benzene rings is 1. The van der Waals surface area contributed by atoms with Gasteiger partial charge in [0.25, 0.3) is 0 Å². The van der Waals surface area contributed by atoms with Crippen LogP contribution in [0.5, 0.6) is 0 Å². The average Bonchev–Trinajstić information content (AvgIpc) is 3.08. The van der Waals surface area contributed by atoms with Crippen LogP contribution in [-0.2, 0) is 9.53 Å². The van der Waals surface area contributed by atoms with Gasteiger partial charge in [0.1, 0.15) is 0 Å². The van der Waals surface area contributed by atoms with Gasteiger partial charge in [0.05, 0.1) is 0 Å². The first-order valence-corrected chi connectivity index (χ1v) is 11.0. The largest absolute Gasteiger partial charge is 0.385 e. The standard InChI is InChI=1S/C22H32N2O2S/c1-16(2)24-11-9-17(10-12-24)20-15-27-21-8-7-18(14-19(20)21)23-22(25)6-4-5-13-26-3/h7-8,14-17H,4-6,9-13H2,1-3H3,(H,23,25). The summed E-state index contributed by atoms with van der Waals surface area (Å²) in [6, 6.07) is 6.98. The highest BCUT2D eigenvalue weighted by molar-refractivity contribution is 7.17. The van der Waals surface area contributed by atoms with Crippen molar-refractivity contribution < 1.29 is 9.53 Å². The number of thiophene rings is 1. The molecule has 1 amide bonds. The number of hydrogen-bond acceptors (Lipinski definition) is 4. The zero-order valence-electron chi connectivity index (χ0n) is 16.8. The van der Waals surface area contributed by atoms with Crippen molar-refractivity contribution in [3.63, 3.8) is 0 Å². The summed E-state index contributed by atoms with van der Waals surface area (Å²) in [7, 11) is 1.69. The molecular weight excluding hydrogens is 356 g/mol. The second-order valence-corrected chi connectivity index (χ2v) is 8.72. The first kappa shape index (κ1) is 20.3. The third kappa shape index (κ3) is 5.31. The van der Waals surface area contributed by atoms with Crippen LogP contribution < -0.4 is 5.32 Å². The number of rotatable bonds is 8. The second-order valence-electron chi connectivity index (χ2n) is 7.80. The monoisotopic (exact) mass is 388 g/mol. The molecule has 0 bridgehead atoms. The predicted molar refractivity (Wildman–Crippen MR) is 115 cm³/mol. The van der Waals surface area contributed by atoms with E-state index in [1.54, 1.807) is 7.11 Å². The van der Waals surface area contributed by atoms with Crippen LogP contribution >= 0.6 is 11.3 Å². The van der Waals surface area contributed by atoms with Crippen molar-refractivity contribution in [2.45, 2.75) is 57.9 Å². The van der Waals surface area contributed by atoms with E-state index in [9.17, 15) is 4.79 Å². The maximum Gasteiger partial charge on any atom is 0.224 e. The number of unbranched alkanes of at least 4 members (excludes halogenated alkanes) is 1. The number of ether oxygens (including phenoxy) is 1. The van der Waals surface area contributed by atoms with Crippen molar-refractivity contribution in [1.29, 1.82) is 0 Å². The molecule has 0 radical (unpaired) electrons. The van der Waals surface area contributed by atoms with Crippen molar-refractivity contribution in [2.24, 2.45) is 0 Å². The molecule has 1 aromatic heterocycles. The lowest BCUT2D eigenvalue weighted by Crippen LogP contribution is -2.37. The number of likely N-dealkylation sites (tertiary alicyclic amines) is 1. The fourth-order valence-electron chi connectivity index (χ4n) is 3.92. The summed E-state index contributed by atoms with van der Waals surface area (Å²) >= 11 is 1.82.